The molecule has 1 unspecified atom stereocenters. The Hall–Kier alpha value is -0.140. The van der Waals surface area contributed by atoms with Gasteiger partial charge >= 0.3 is 5.97 Å². The average molecular weight is 360 g/mol. The van der Waals surface area contributed by atoms with Crippen LogP contribution in [0, 0.1) is 5.92 Å². The summed E-state index contributed by atoms with van der Waals surface area (Å²) in [6.07, 6.45) is 18.0. The van der Waals surface area contributed by atoms with E-state index in [1.165, 1.54) is 77.0 Å². The molecule has 0 spiro atoms. The predicted octanol–water partition coefficient (Wildman–Crippen LogP) is 6.20. The maximum atomic E-state index is 11.7. The lowest BCUT2D eigenvalue weighted by atomic mass is 10.1. The third-order valence-electron chi connectivity index (χ3n) is 4.33. The number of rotatable bonds is 17. The van der Waals surface area contributed by atoms with E-state index >= 15 is 0 Å². The fourth-order valence-corrected chi connectivity index (χ4v) is 3.63. The fraction of sp³-hybridized carbons (Fsp3) is 0.950. The summed E-state index contributed by atoms with van der Waals surface area (Å²) in [4.78, 5) is 11.7. The predicted molar refractivity (Wildman–Crippen MR) is 108 cm³/mol. The normalized spacial score (nSPS) is 13.0. The minimum Gasteiger partial charge on any atom is -0.447 e. The summed E-state index contributed by atoms with van der Waals surface area (Å²) >= 11 is 0. The van der Waals surface area contributed by atoms with Crippen molar-refractivity contribution in [2.45, 2.75) is 110 Å². The monoisotopic (exact) mass is 359 g/mol. The van der Waals surface area contributed by atoms with Crippen LogP contribution in [-0.4, -0.2) is 18.2 Å². The van der Waals surface area contributed by atoms with Gasteiger partial charge in [0.05, 0.1) is 8.81 Å². The molecule has 2 atom stereocenters. The fourth-order valence-electron chi connectivity index (χ4n) is 2.84. The summed E-state index contributed by atoms with van der Waals surface area (Å²) in [6, 6.07) is -0.445. The van der Waals surface area contributed by atoms with Gasteiger partial charge in [0.2, 0.25) is 0 Å². The number of hydrogen-bond donors (Lipinski definition) is 1. The van der Waals surface area contributed by atoms with Crippen molar-refractivity contribution in [3.63, 3.8) is 0 Å². The third kappa shape index (κ3) is 16.7. The zero-order valence-electron chi connectivity index (χ0n) is 16.4. The quantitative estimate of drug-likeness (QED) is 0.248. The van der Waals surface area contributed by atoms with E-state index in [-0.39, 0.29) is 14.8 Å². The van der Waals surface area contributed by atoms with Gasteiger partial charge in [-0.1, -0.05) is 91.4 Å². The second-order valence-corrected chi connectivity index (χ2v) is 8.43. The molecule has 3 nitrogen and oxygen atoms in total. The first-order valence-electron chi connectivity index (χ1n) is 10.3. The molecule has 0 aliphatic heterocycles. The Kier molecular flexibility index (Phi) is 17.6. The van der Waals surface area contributed by atoms with Crippen LogP contribution in [0.1, 0.15) is 104 Å². The Balaban J connectivity index is 3.21. The minimum absolute atomic E-state index is 0.221. The Morgan fingerprint density at radius 2 is 1.33 bits per heavy atom. The van der Waals surface area contributed by atoms with Gasteiger partial charge in [-0.3, -0.25) is 4.79 Å². The van der Waals surface area contributed by atoms with Crippen LogP contribution in [0.15, 0.2) is 0 Å². The van der Waals surface area contributed by atoms with E-state index in [4.69, 9.17) is 10.3 Å². The van der Waals surface area contributed by atoms with Crippen LogP contribution in [0.3, 0.4) is 0 Å². The maximum absolute atomic E-state index is 11.7. The Labute approximate surface area is 152 Å². The summed E-state index contributed by atoms with van der Waals surface area (Å²) in [5.41, 5.74) is 5.80. The van der Waals surface area contributed by atoms with Gasteiger partial charge in [-0.2, -0.15) is 0 Å². The van der Waals surface area contributed by atoms with Gasteiger partial charge in [0, 0.05) is 6.16 Å². The van der Waals surface area contributed by atoms with Crippen LogP contribution < -0.4 is 5.73 Å². The van der Waals surface area contributed by atoms with Crippen LogP contribution in [0.5, 0.6) is 0 Å². The molecule has 0 aromatic carbocycles. The van der Waals surface area contributed by atoms with Crippen molar-refractivity contribution in [2.75, 3.05) is 6.16 Å². The van der Waals surface area contributed by atoms with Crippen molar-refractivity contribution in [2.24, 2.45) is 11.7 Å². The van der Waals surface area contributed by atoms with Gasteiger partial charge in [-0.15, -0.1) is 0 Å². The lowest BCUT2D eigenvalue weighted by Gasteiger charge is -2.12. The van der Waals surface area contributed by atoms with E-state index < -0.39 is 6.04 Å². The molecule has 0 amide bonds. The molecular weight excluding hydrogens is 317 g/mol. The van der Waals surface area contributed by atoms with Gasteiger partial charge in [-0.25, -0.2) is 0 Å². The van der Waals surface area contributed by atoms with E-state index in [0.29, 0.717) is 12.3 Å². The summed E-state index contributed by atoms with van der Waals surface area (Å²) in [6.45, 7) is 6.41. The Morgan fingerprint density at radius 1 is 0.875 bits per heavy atom. The van der Waals surface area contributed by atoms with Crippen molar-refractivity contribution < 1.29 is 9.32 Å². The molecule has 0 bridgehead atoms. The summed E-state index contributed by atoms with van der Waals surface area (Å²) in [7, 11) is 0.284. The first kappa shape index (κ1) is 23.9. The molecule has 0 fully saturated rings. The molecule has 144 valence electrons. The third-order valence-corrected chi connectivity index (χ3v) is 5.24. The molecular formula is C20H42NO2P. The molecule has 2 N–H and O–H groups in total. The molecule has 0 aromatic heterocycles. The van der Waals surface area contributed by atoms with Gasteiger partial charge < -0.3 is 10.3 Å². The van der Waals surface area contributed by atoms with E-state index in [1.807, 2.05) is 0 Å². The highest BCUT2D eigenvalue weighted by atomic mass is 31.1. The van der Waals surface area contributed by atoms with Crippen LogP contribution in [0.4, 0.5) is 0 Å². The van der Waals surface area contributed by atoms with Gasteiger partial charge in [-0.05, 0) is 18.8 Å². The topological polar surface area (TPSA) is 52.3 Å². The van der Waals surface area contributed by atoms with Crippen molar-refractivity contribution >= 4 is 14.8 Å². The van der Waals surface area contributed by atoms with Crippen molar-refractivity contribution in [3.8, 4) is 0 Å². The molecule has 0 saturated carbocycles. The molecule has 0 rings (SSSR count). The van der Waals surface area contributed by atoms with Gasteiger partial charge in [0.1, 0.15) is 6.04 Å². The highest BCUT2D eigenvalue weighted by Gasteiger charge is 2.16. The molecule has 0 aliphatic carbocycles. The summed E-state index contributed by atoms with van der Waals surface area (Å²) in [5, 5.41) is 0. The minimum atomic E-state index is -0.445. The van der Waals surface area contributed by atoms with Crippen molar-refractivity contribution in [1.29, 1.82) is 0 Å². The number of carbonyl (C=O) groups excluding carboxylic acids is 1. The first-order chi connectivity index (χ1) is 11.6. The maximum Gasteiger partial charge on any atom is 0.325 e. The molecule has 0 radical (unpaired) electrons. The lowest BCUT2D eigenvalue weighted by Crippen LogP contribution is -2.32. The number of nitrogens with two attached hydrogens (primary N) is 1. The number of carbonyl (C=O) groups is 1. The summed E-state index contributed by atoms with van der Waals surface area (Å²) in [5.74, 6) is 0.216. The molecule has 4 heteroatoms. The van der Waals surface area contributed by atoms with E-state index in [0.717, 1.165) is 6.16 Å². The second-order valence-electron chi connectivity index (χ2n) is 7.44. The van der Waals surface area contributed by atoms with E-state index in [2.05, 4.69) is 20.8 Å². The Bertz CT molecular complexity index is 285. The molecule has 0 aromatic rings. The van der Waals surface area contributed by atoms with Crippen LogP contribution >= 0.6 is 8.81 Å². The van der Waals surface area contributed by atoms with Gasteiger partial charge in [0.15, 0.2) is 0 Å². The number of unbranched alkanes of at least 4 members (excludes halogenated alkanes) is 11. The lowest BCUT2D eigenvalue weighted by molar-refractivity contribution is -0.135. The van der Waals surface area contributed by atoms with Crippen molar-refractivity contribution in [1.82, 2.24) is 0 Å². The standard InChI is InChI=1S/C20H42NO2P/c1-4-5-6-7-8-9-10-11-12-13-14-15-16-24-23-20(22)19(21)17-18(2)3/h18-19,24H,4-17,21H2,1-3H3/t19-/m1/s1. The number of hydrogen-bond acceptors (Lipinski definition) is 3. The smallest absolute Gasteiger partial charge is 0.325 e. The highest BCUT2D eigenvalue weighted by molar-refractivity contribution is 7.32. The SMILES string of the molecule is CCCCCCCCCCCCCCPOC(=O)[C@H](N)CC(C)C. The van der Waals surface area contributed by atoms with Crippen molar-refractivity contribution in [3.05, 3.63) is 0 Å². The molecule has 0 heterocycles. The molecule has 0 saturated heterocycles. The summed E-state index contributed by atoms with van der Waals surface area (Å²) < 4.78 is 5.27. The zero-order valence-corrected chi connectivity index (χ0v) is 17.4. The van der Waals surface area contributed by atoms with Crippen LogP contribution in [0.2, 0.25) is 0 Å². The Morgan fingerprint density at radius 3 is 1.79 bits per heavy atom. The largest absolute Gasteiger partial charge is 0.447 e. The first-order valence-corrected chi connectivity index (χ1v) is 11.4. The molecule has 24 heavy (non-hydrogen) atoms. The van der Waals surface area contributed by atoms with Crippen LogP contribution in [0.25, 0.3) is 0 Å². The van der Waals surface area contributed by atoms with E-state index in [9.17, 15) is 4.79 Å². The zero-order chi connectivity index (χ0) is 18.0. The second kappa shape index (κ2) is 17.7. The average Bonchev–Trinajstić information content (AvgIpc) is 2.54. The van der Waals surface area contributed by atoms with Gasteiger partial charge in [0.25, 0.3) is 0 Å². The molecule has 0 aliphatic rings. The van der Waals surface area contributed by atoms with E-state index in [1.54, 1.807) is 0 Å². The highest BCUT2D eigenvalue weighted by Crippen LogP contribution is 2.18. The van der Waals surface area contributed by atoms with Crippen LogP contribution in [-0.2, 0) is 9.32 Å².